The number of carbonyl (C=O) groups is 3. The summed E-state index contributed by atoms with van der Waals surface area (Å²) in [5.41, 5.74) is -0.000470. The van der Waals surface area contributed by atoms with Gasteiger partial charge in [0, 0.05) is 0 Å². The summed E-state index contributed by atoms with van der Waals surface area (Å²) >= 11 is 0. The molecule has 2 rings (SSSR count). The fourth-order valence-corrected chi connectivity index (χ4v) is 3.20. The topological polar surface area (TPSA) is 100 Å². The number of alkyl carbamates (subject to hydrolysis) is 1. The van der Waals surface area contributed by atoms with Crippen LogP contribution >= 0.6 is 0 Å². The summed E-state index contributed by atoms with van der Waals surface area (Å²) in [6.45, 7) is 5.12. The summed E-state index contributed by atoms with van der Waals surface area (Å²) in [7, 11) is 1.56. The van der Waals surface area contributed by atoms with Crippen LogP contribution in [0.1, 0.15) is 64.9 Å². The average molecular weight is 436 g/mol. The van der Waals surface area contributed by atoms with Gasteiger partial charge in [0.2, 0.25) is 0 Å². The zero-order chi connectivity index (χ0) is 22.9. The van der Waals surface area contributed by atoms with Crippen LogP contribution in [0.5, 0.6) is 5.75 Å². The lowest BCUT2D eigenvalue weighted by Crippen LogP contribution is -2.45. The second-order valence-corrected chi connectivity index (χ2v) is 8.61. The number of carbonyl (C=O) groups excluding carboxylic acids is 3. The monoisotopic (exact) mass is 435 g/mol. The molecular weight excluding hydrogens is 402 g/mol. The van der Waals surface area contributed by atoms with E-state index in [2.05, 4.69) is 5.32 Å². The van der Waals surface area contributed by atoms with Crippen molar-refractivity contribution in [3.05, 3.63) is 29.8 Å². The highest BCUT2D eigenvalue weighted by atomic mass is 16.6. The summed E-state index contributed by atoms with van der Waals surface area (Å²) in [6, 6.07) is 5.83. The molecule has 31 heavy (non-hydrogen) atoms. The van der Waals surface area contributed by atoms with E-state index in [-0.39, 0.29) is 19.1 Å². The number of nitrogens with one attached hydrogen (secondary N) is 1. The van der Waals surface area contributed by atoms with Gasteiger partial charge in [-0.25, -0.2) is 9.59 Å². The first-order chi connectivity index (χ1) is 14.7. The van der Waals surface area contributed by atoms with Crippen molar-refractivity contribution >= 4 is 18.0 Å². The molecule has 1 aliphatic rings. The summed E-state index contributed by atoms with van der Waals surface area (Å²) in [4.78, 5) is 37.2. The quantitative estimate of drug-likeness (QED) is 0.488. The molecule has 8 nitrogen and oxygen atoms in total. The molecule has 0 aliphatic heterocycles. The zero-order valence-electron chi connectivity index (χ0n) is 18.8. The van der Waals surface area contributed by atoms with Gasteiger partial charge in [0.05, 0.1) is 13.5 Å². The molecule has 172 valence electrons. The fourth-order valence-electron chi connectivity index (χ4n) is 3.20. The number of esters is 2. The SMILES string of the molecule is COc1ccc(COC(=O)[C@H](CC(=O)OC2CCCCC2)NC(=O)OC(C)(C)C)cc1. The second-order valence-electron chi connectivity index (χ2n) is 8.61. The van der Waals surface area contributed by atoms with Crippen LogP contribution in [0.25, 0.3) is 0 Å². The molecule has 0 spiro atoms. The molecule has 0 radical (unpaired) electrons. The maximum absolute atomic E-state index is 12.6. The first-order valence-corrected chi connectivity index (χ1v) is 10.6. The number of methoxy groups -OCH3 is 1. The minimum absolute atomic E-state index is 0.00695. The lowest BCUT2D eigenvalue weighted by molar-refractivity contribution is -0.157. The molecule has 1 aromatic rings. The Morgan fingerprint density at radius 3 is 2.29 bits per heavy atom. The second kappa shape index (κ2) is 11.6. The lowest BCUT2D eigenvalue weighted by atomic mass is 9.98. The number of amides is 1. The molecule has 1 N–H and O–H groups in total. The summed E-state index contributed by atoms with van der Waals surface area (Å²) in [5, 5.41) is 2.44. The van der Waals surface area contributed by atoms with Gasteiger partial charge >= 0.3 is 18.0 Å². The predicted octanol–water partition coefficient (Wildman–Crippen LogP) is 3.90. The molecule has 0 aromatic heterocycles. The lowest BCUT2D eigenvalue weighted by Gasteiger charge is -2.24. The van der Waals surface area contributed by atoms with Gasteiger partial charge in [0.25, 0.3) is 0 Å². The number of benzene rings is 1. The highest BCUT2D eigenvalue weighted by molar-refractivity contribution is 5.86. The van der Waals surface area contributed by atoms with E-state index in [1.165, 1.54) is 0 Å². The molecule has 1 fully saturated rings. The van der Waals surface area contributed by atoms with Crippen LogP contribution in [0.15, 0.2) is 24.3 Å². The van der Waals surface area contributed by atoms with Crippen LogP contribution in [0, 0.1) is 0 Å². The third-order valence-electron chi connectivity index (χ3n) is 4.74. The van der Waals surface area contributed by atoms with Crippen molar-refractivity contribution in [1.29, 1.82) is 0 Å². The van der Waals surface area contributed by atoms with Crippen molar-refractivity contribution in [2.75, 3.05) is 7.11 Å². The molecule has 8 heteroatoms. The van der Waals surface area contributed by atoms with E-state index < -0.39 is 29.7 Å². The standard InChI is InChI=1S/C23H33NO7/c1-23(2,3)31-22(27)24-19(14-20(25)30-18-8-6-5-7-9-18)21(26)29-15-16-10-12-17(28-4)13-11-16/h10-13,18-19H,5-9,14-15H2,1-4H3,(H,24,27)/t19-/m0/s1. The Hall–Kier alpha value is -2.77. The Morgan fingerprint density at radius 2 is 1.71 bits per heavy atom. The molecule has 1 aromatic carbocycles. The van der Waals surface area contributed by atoms with Crippen LogP contribution < -0.4 is 10.1 Å². The Morgan fingerprint density at radius 1 is 1.06 bits per heavy atom. The minimum atomic E-state index is -1.20. The smallest absolute Gasteiger partial charge is 0.408 e. The molecule has 1 aliphatic carbocycles. The van der Waals surface area contributed by atoms with Crippen LogP contribution in [-0.2, 0) is 30.4 Å². The first-order valence-electron chi connectivity index (χ1n) is 10.6. The van der Waals surface area contributed by atoms with Gasteiger partial charge in [0.15, 0.2) is 0 Å². The predicted molar refractivity (Wildman–Crippen MR) is 114 cm³/mol. The number of rotatable bonds is 8. The Bertz CT molecular complexity index is 733. The third kappa shape index (κ3) is 9.27. The zero-order valence-corrected chi connectivity index (χ0v) is 18.8. The van der Waals surface area contributed by atoms with Crippen molar-refractivity contribution in [2.45, 2.75) is 83.6 Å². The van der Waals surface area contributed by atoms with E-state index in [1.807, 2.05) is 0 Å². The van der Waals surface area contributed by atoms with Crippen molar-refractivity contribution < 1.29 is 33.3 Å². The number of hydrogen-bond donors (Lipinski definition) is 1. The molecule has 0 unspecified atom stereocenters. The van der Waals surface area contributed by atoms with Gasteiger partial charge in [-0.2, -0.15) is 0 Å². The van der Waals surface area contributed by atoms with Gasteiger partial charge in [-0.3, -0.25) is 4.79 Å². The normalized spacial score (nSPS) is 15.5. The third-order valence-corrected chi connectivity index (χ3v) is 4.74. The van der Waals surface area contributed by atoms with Crippen LogP contribution in [0.3, 0.4) is 0 Å². The van der Waals surface area contributed by atoms with Gasteiger partial charge in [-0.05, 0) is 64.2 Å². The van der Waals surface area contributed by atoms with E-state index in [0.29, 0.717) is 5.75 Å². The molecule has 1 amide bonds. The van der Waals surface area contributed by atoms with E-state index in [4.69, 9.17) is 18.9 Å². The first kappa shape index (κ1) is 24.5. The molecule has 0 heterocycles. The highest BCUT2D eigenvalue weighted by Crippen LogP contribution is 2.21. The minimum Gasteiger partial charge on any atom is -0.497 e. The molecular formula is C23H33NO7. The van der Waals surface area contributed by atoms with Gasteiger partial charge < -0.3 is 24.3 Å². The molecule has 1 saturated carbocycles. The van der Waals surface area contributed by atoms with Crippen molar-refractivity contribution in [2.24, 2.45) is 0 Å². The maximum atomic E-state index is 12.6. The van der Waals surface area contributed by atoms with Gasteiger partial charge in [0.1, 0.15) is 30.1 Å². The largest absolute Gasteiger partial charge is 0.497 e. The molecule has 1 atom stereocenters. The van der Waals surface area contributed by atoms with Gasteiger partial charge in [-0.1, -0.05) is 18.6 Å². The Labute approximate surface area is 183 Å². The maximum Gasteiger partial charge on any atom is 0.408 e. The summed E-state index contributed by atoms with van der Waals surface area (Å²) < 4.78 is 21.1. The van der Waals surface area contributed by atoms with Crippen molar-refractivity contribution in [3.8, 4) is 5.75 Å². The number of ether oxygens (including phenoxy) is 4. The van der Waals surface area contributed by atoms with Crippen LogP contribution in [0.4, 0.5) is 4.79 Å². The van der Waals surface area contributed by atoms with E-state index in [9.17, 15) is 14.4 Å². The summed E-state index contributed by atoms with van der Waals surface area (Å²) in [6.07, 6.45) is 3.53. The van der Waals surface area contributed by atoms with E-state index >= 15 is 0 Å². The van der Waals surface area contributed by atoms with Crippen LogP contribution in [-0.4, -0.2) is 42.9 Å². The number of hydrogen-bond acceptors (Lipinski definition) is 7. The summed E-state index contributed by atoms with van der Waals surface area (Å²) in [5.74, 6) is -0.596. The molecule has 0 saturated heterocycles. The fraction of sp³-hybridized carbons (Fsp3) is 0.609. The van der Waals surface area contributed by atoms with Gasteiger partial charge in [-0.15, -0.1) is 0 Å². The Balaban J connectivity index is 1.97. The van der Waals surface area contributed by atoms with Crippen molar-refractivity contribution in [1.82, 2.24) is 5.32 Å². The highest BCUT2D eigenvalue weighted by Gasteiger charge is 2.30. The van der Waals surface area contributed by atoms with E-state index in [0.717, 1.165) is 37.7 Å². The van der Waals surface area contributed by atoms with Crippen molar-refractivity contribution in [3.63, 3.8) is 0 Å². The van der Waals surface area contributed by atoms with Crippen LogP contribution in [0.2, 0.25) is 0 Å². The average Bonchev–Trinajstić information content (AvgIpc) is 2.71. The Kier molecular flexibility index (Phi) is 9.15. The molecule has 0 bridgehead atoms. The van der Waals surface area contributed by atoms with E-state index in [1.54, 1.807) is 52.1 Å².